The van der Waals surface area contributed by atoms with Crippen LogP contribution in [0.25, 0.3) is 0 Å². The van der Waals surface area contributed by atoms with Gasteiger partial charge < -0.3 is 10.2 Å². The van der Waals surface area contributed by atoms with Crippen molar-refractivity contribution in [2.75, 3.05) is 18.4 Å². The maximum Gasteiger partial charge on any atom is 0.256 e. The molecule has 0 bridgehead atoms. The molecule has 20 heavy (non-hydrogen) atoms. The van der Waals surface area contributed by atoms with Gasteiger partial charge in [-0.2, -0.15) is 0 Å². The molecule has 3 heteroatoms. The molecule has 1 aromatic rings. The average molecular weight is 276 g/mol. The van der Waals surface area contributed by atoms with Gasteiger partial charge in [-0.15, -0.1) is 0 Å². The van der Waals surface area contributed by atoms with Crippen LogP contribution in [0, 0.1) is 6.92 Å². The Kier molecular flexibility index (Phi) is 6.56. The molecule has 0 radical (unpaired) electrons. The second-order valence-corrected chi connectivity index (χ2v) is 5.32. The SMILES string of the molecule is CCCNc1cc(C)ccc1C(=O)N(CC)C(C)CC. The number of carbonyl (C=O) groups is 1. The van der Waals surface area contributed by atoms with E-state index in [2.05, 4.69) is 39.1 Å². The summed E-state index contributed by atoms with van der Waals surface area (Å²) in [5, 5.41) is 3.37. The van der Waals surface area contributed by atoms with E-state index in [1.165, 1.54) is 5.56 Å². The van der Waals surface area contributed by atoms with E-state index in [0.29, 0.717) is 0 Å². The highest BCUT2D eigenvalue weighted by Gasteiger charge is 2.21. The van der Waals surface area contributed by atoms with E-state index in [1.54, 1.807) is 0 Å². The van der Waals surface area contributed by atoms with Gasteiger partial charge in [0, 0.05) is 24.8 Å². The minimum atomic E-state index is 0.125. The number of carbonyl (C=O) groups excluding carboxylic acids is 1. The van der Waals surface area contributed by atoms with Gasteiger partial charge in [-0.1, -0.05) is 19.9 Å². The summed E-state index contributed by atoms with van der Waals surface area (Å²) in [5.74, 6) is 0.125. The molecule has 1 rings (SSSR count). The Morgan fingerprint density at radius 2 is 2.00 bits per heavy atom. The van der Waals surface area contributed by atoms with Crippen molar-refractivity contribution in [1.82, 2.24) is 4.90 Å². The third-order valence-corrected chi connectivity index (χ3v) is 3.70. The highest BCUT2D eigenvalue weighted by molar-refractivity contribution is 5.99. The van der Waals surface area contributed by atoms with Gasteiger partial charge in [-0.3, -0.25) is 4.79 Å². The molecule has 1 N–H and O–H groups in total. The second-order valence-electron chi connectivity index (χ2n) is 5.32. The lowest BCUT2D eigenvalue weighted by atomic mass is 10.1. The number of hydrogen-bond donors (Lipinski definition) is 1. The molecule has 3 nitrogen and oxygen atoms in total. The van der Waals surface area contributed by atoms with Crippen molar-refractivity contribution >= 4 is 11.6 Å². The van der Waals surface area contributed by atoms with Crippen molar-refractivity contribution in [2.45, 2.75) is 53.5 Å². The van der Waals surface area contributed by atoms with Crippen LogP contribution >= 0.6 is 0 Å². The number of nitrogens with one attached hydrogen (secondary N) is 1. The monoisotopic (exact) mass is 276 g/mol. The quantitative estimate of drug-likeness (QED) is 0.814. The summed E-state index contributed by atoms with van der Waals surface area (Å²) in [6.45, 7) is 12.1. The summed E-state index contributed by atoms with van der Waals surface area (Å²) >= 11 is 0. The highest BCUT2D eigenvalue weighted by Crippen LogP contribution is 2.21. The zero-order valence-electron chi connectivity index (χ0n) is 13.5. The summed E-state index contributed by atoms with van der Waals surface area (Å²) in [4.78, 5) is 14.7. The van der Waals surface area contributed by atoms with E-state index in [4.69, 9.17) is 0 Å². The molecule has 0 aromatic heterocycles. The fourth-order valence-electron chi connectivity index (χ4n) is 2.28. The summed E-state index contributed by atoms with van der Waals surface area (Å²) in [6, 6.07) is 6.29. The topological polar surface area (TPSA) is 32.3 Å². The van der Waals surface area contributed by atoms with Crippen LogP contribution in [-0.4, -0.2) is 29.9 Å². The first-order valence-electron chi connectivity index (χ1n) is 7.70. The number of anilines is 1. The fraction of sp³-hybridized carbons (Fsp3) is 0.588. The molecular formula is C17H28N2O. The first-order valence-corrected chi connectivity index (χ1v) is 7.70. The molecule has 1 atom stereocenters. The molecule has 0 aliphatic carbocycles. The molecule has 112 valence electrons. The molecule has 1 amide bonds. The standard InChI is InChI=1S/C17H28N2O/c1-6-11-18-16-12-13(4)9-10-15(16)17(20)19(8-3)14(5)7-2/h9-10,12,14,18H,6-8,11H2,1-5H3. The van der Waals surface area contributed by atoms with Crippen LogP contribution < -0.4 is 5.32 Å². The number of aryl methyl sites for hydroxylation is 1. The zero-order chi connectivity index (χ0) is 15.1. The van der Waals surface area contributed by atoms with E-state index in [9.17, 15) is 4.79 Å². The summed E-state index contributed by atoms with van der Waals surface area (Å²) in [7, 11) is 0. The third-order valence-electron chi connectivity index (χ3n) is 3.70. The average Bonchev–Trinajstić information content (AvgIpc) is 2.45. The van der Waals surface area contributed by atoms with Gasteiger partial charge in [0.1, 0.15) is 0 Å². The highest BCUT2D eigenvalue weighted by atomic mass is 16.2. The molecule has 1 unspecified atom stereocenters. The van der Waals surface area contributed by atoms with Crippen molar-refractivity contribution in [3.05, 3.63) is 29.3 Å². The van der Waals surface area contributed by atoms with Crippen LogP contribution in [0.2, 0.25) is 0 Å². The van der Waals surface area contributed by atoms with E-state index in [0.717, 1.165) is 37.2 Å². The van der Waals surface area contributed by atoms with Gasteiger partial charge in [0.25, 0.3) is 5.91 Å². The van der Waals surface area contributed by atoms with Crippen molar-refractivity contribution < 1.29 is 4.79 Å². The molecule has 0 aliphatic rings. The Morgan fingerprint density at radius 1 is 1.30 bits per heavy atom. The van der Waals surface area contributed by atoms with Gasteiger partial charge >= 0.3 is 0 Å². The Morgan fingerprint density at radius 3 is 2.55 bits per heavy atom. The van der Waals surface area contributed by atoms with Crippen molar-refractivity contribution in [3.8, 4) is 0 Å². The van der Waals surface area contributed by atoms with Crippen molar-refractivity contribution in [1.29, 1.82) is 0 Å². The molecule has 0 aliphatic heterocycles. The lowest BCUT2D eigenvalue weighted by Crippen LogP contribution is -2.38. The lowest BCUT2D eigenvalue weighted by molar-refractivity contribution is 0.0701. The Balaban J connectivity index is 3.07. The predicted molar refractivity (Wildman–Crippen MR) is 86.4 cm³/mol. The zero-order valence-corrected chi connectivity index (χ0v) is 13.5. The molecule has 0 heterocycles. The van der Waals surface area contributed by atoms with Crippen molar-refractivity contribution in [2.24, 2.45) is 0 Å². The molecule has 0 fully saturated rings. The fourth-order valence-corrected chi connectivity index (χ4v) is 2.28. The van der Waals surface area contributed by atoms with Crippen LogP contribution in [0.1, 0.15) is 56.5 Å². The van der Waals surface area contributed by atoms with E-state index in [-0.39, 0.29) is 11.9 Å². The largest absolute Gasteiger partial charge is 0.384 e. The molecule has 0 saturated heterocycles. The number of nitrogens with zero attached hydrogens (tertiary/aromatic N) is 1. The maximum absolute atomic E-state index is 12.8. The van der Waals surface area contributed by atoms with Gasteiger partial charge in [0.05, 0.1) is 5.56 Å². The van der Waals surface area contributed by atoms with Crippen LogP contribution in [0.3, 0.4) is 0 Å². The minimum absolute atomic E-state index is 0.125. The maximum atomic E-state index is 12.8. The number of rotatable bonds is 7. The normalized spacial score (nSPS) is 12.1. The van der Waals surface area contributed by atoms with Gasteiger partial charge in [0.15, 0.2) is 0 Å². The minimum Gasteiger partial charge on any atom is -0.384 e. The van der Waals surface area contributed by atoms with Gasteiger partial charge in [-0.25, -0.2) is 0 Å². The van der Waals surface area contributed by atoms with Crippen LogP contribution in [0.4, 0.5) is 5.69 Å². The Bertz CT molecular complexity index is 443. The van der Waals surface area contributed by atoms with Crippen LogP contribution in [0.15, 0.2) is 18.2 Å². The lowest BCUT2D eigenvalue weighted by Gasteiger charge is -2.28. The smallest absolute Gasteiger partial charge is 0.256 e. The number of hydrogen-bond acceptors (Lipinski definition) is 2. The van der Waals surface area contributed by atoms with Crippen LogP contribution in [-0.2, 0) is 0 Å². The first kappa shape index (κ1) is 16.5. The third kappa shape index (κ3) is 3.99. The number of benzene rings is 1. The molecule has 0 saturated carbocycles. The van der Waals surface area contributed by atoms with Crippen LogP contribution in [0.5, 0.6) is 0 Å². The molecule has 1 aromatic carbocycles. The summed E-state index contributed by atoms with van der Waals surface area (Å²) < 4.78 is 0. The number of amides is 1. The van der Waals surface area contributed by atoms with E-state index in [1.807, 2.05) is 24.0 Å². The Hall–Kier alpha value is -1.51. The molecule has 0 spiro atoms. The molecular weight excluding hydrogens is 248 g/mol. The first-order chi connectivity index (χ1) is 9.54. The van der Waals surface area contributed by atoms with E-state index >= 15 is 0 Å². The summed E-state index contributed by atoms with van der Waals surface area (Å²) in [5.41, 5.74) is 2.91. The second kappa shape index (κ2) is 7.93. The summed E-state index contributed by atoms with van der Waals surface area (Å²) in [6.07, 6.45) is 2.02. The van der Waals surface area contributed by atoms with Crippen molar-refractivity contribution in [3.63, 3.8) is 0 Å². The van der Waals surface area contributed by atoms with Gasteiger partial charge in [0.2, 0.25) is 0 Å². The van der Waals surface area contributed by atoms with Gasteiger partial charge in [-0.05, 0) is 51.3 Å². The Labute approximate surface area is 123 Å². The predicted octanol–water partition coefficient (Wildman–Crippen LogP) is 4.08. The van der Waals surface area contributed by atoms with E-state index < -0.39 is 0 Å².